The smallest absolute Gasteiger partial charge is 0.306 e. The molecule has 0 aliphatic rings. The maximum absolute atomic E-state index is 12.8. The van der Waals surface area contributed by atoms with Crippen molar-refractivity contribution in [2.75, 3.05) is 13.2 Å². The fourth-order valence-electron chi connectivity index (χ4n) is 8.21. The van der Waals surface area contributed by atoms with Crippen LogP contribution in [0.2, 0.25) is 0 Å². The third kappa shape index (κ3) is 52.3. The Labute approximate surface area is 409 Å². The van der Waals surface area contributed by atoms with E-state index in [1.165, 1.54) is 167 Å². The Morgan fingerprint density at radius 1 is 0.303 bits per heavy atom. The van der Waals surface area contributed by atoms with Crippen LogP contribution in [0, 0.1) is 0 Å². The van der Waals surface area contributed by atoms with Crippen molar-refractivity contribution in [1.29, 1.82) is 0 Å². The van der Waals surface area contributed by atoms with Crippen LogP contribution in [0.4, 0.5) is 0 Å². The molecule has 0 bridgehead atoms. The topological polar surface area (TPSA) is 78.9 Å². The first-order valence-corrected chi connectivity index (χ1v) is 28.6. The second-order valence-electron chi connectivity index (χ2n) is 19.2. The van der Waals surface area contributed by atoms with Gasteiger partial charge in [0, 0.05) is 19.3 Å². The lowest BCUT2D eigenvalue weighted by atomic mass is 10.0. The van der Waals surface area contributed by atoms with Gasteiger partial charge in [-0.1, -0.05) is 243 Å². The number of carbonyl (C=O) groups is 3. The minimum Gasteiger partial charge on any atom is -0.462 e. The van der Waals surface area contributed by atoms with Gasteiger partial charge in [0.15, 0.2) is 6.10 Å². The van der Waals surface area contributed by atoms with E-state index >= 15 is 0 Å². The number of esters is 3. The van der Waals surface area contributed by atoms with Gasteiger partial charge in [0.2, 0.25) is 0 Å². The van der Waals surface area contributed by atoms with Crippen LogP contribution in [0.3, 0.4) is 0 Å². The van der Waals surface area contributed by atoms with Crippen molar-refractivity contribution in [2.45, 2.75) is 303 Å². The maximum Gasteiger partial charge on any atom is 0.306 e. The Kier molecular flexibility index (Phi) is 52.8. The van der Waals surface area contributed by atoms with Gasteiger partial charge < -0.3 is 14.2 Å². The highest BCUT2D eigenvalue weighted by Crippen LogP contribution is 2.16. The maximum atomic E-state index is 12.8. The average Bonchev–Trinajstić information content (AvgIpc) is 3.31. The molecule has 66 heavy (non-hydrogen) atoms. The predicted octanol–water partition coefficient (Wildman–Crippen LogP) is 19.0. The van der Waals surface area contributed by atoms with E-state index < -0.39 is 6.10 Å². The number of hydrogen-bond donors (Lipinski definition) is 0. The van der Waals surface area contributed by atoms with E-state index in [2.05, 4.69) is 69.4 Å². The number of hydrogen-bond acceptors (Lipinski definition) is 6. The van der Waals surface area contributed by atoms with E-state index in [1.54, 1.807) is 0 Å². The van der Waals surface area contributed by atoms with E-state index in [-0.39, 0.29) is 31.1 Å². The first kappa shape index (κ1) is 63.4. The molecule has 0 saturated heterocycles. The van der Waals surface area contributed by atoms with Crippen molar-refractivity contribution in [1.82, 2.24) is 0 Å². The molecule has 384 valence electrons. The zero-order valence-electron chi connectivity index (χ0n) is 44.0. The molecule has 0 spiro atoms. The molecular weight excluding hydrogens is 817 g/mol. The van der Waals surface area contributed by atoms with Crippen molar-refractivity contribution in [3.8, 4) is 0 Å². The third-order valence-corrected chi connectivity index (χ3v) is 12.6. The van der Waals surface area contributed by atoms with E-state index in [4.69, 9.17) is 14.2 Å². The van der Waals surface area contributed by atoms with Crippen molar-refractivity contribution in [2.24, 2.45) is 0 Å². The Hall–Kier alpha value is -2.63. The zero-order chi connectivity index (χ0) is 47.9. The molecule has 0 radical (unpaired) electrons. The number of unbranched alkanes of at least 4 members (excludes halogenated alkanes) is 33. The predicted molar refractivity (Wildman–Crippen MR) is 284 cm³/mol. The van der Waals surface area contributed by atoms with Gasteiger partial charge in [-0.3, -0.25) is 14.4 Å². The lowest BCUT2D eigenvalue weighted by Crippen LogP contribution is -2.30. The number of rotatable bonds is 52. The van der Waals surface area contributed by atoms with E-state index in [9.17, 15) is 14.4 Å². The molecule has 0 N–H and O–H groups in total. The summed E-state index contributed by atoms with van der Waals surface area (Å²) in [4.78, 5) is 38.1. The lowest BCUT2D eigenvalue weighted by Gasteiger charge is -2.18. The average molecular weight is 926 g/mol. The molecule has 1 atom stereocenters. The van der Waals surface area contributed by atoms with Crippen molar-refractivity contribution < 1.29 is 28.6 Å². The summed E-state index contributed by atoms with van der Waals surface area (Å²) >= 11 is 0. The highest BCUT2D eigenvalue weighted by atomic mass is 16.6. The minimum absolute atomic E-state index is 0.0778. The van der Waals surface area contributed by atoms with E-state index in [1.807, 2.05) is 0 Å². The molecule has 0 aromatic rings. The molecule has 0 aliphatic carbocycles. The van der Waals surface area contributed by atoms with E-state index in [0.717, 1.165) is 89.9 Å². The summed E-state index contributed by atoms with van der Waals surface area (Å²) in [6, 6.07) is 0. The second-order valence-corrected chi connectivity index (χ2v) is 19.2. The van der Waals surface area contributed by atoms with E-state index in [0.29, 0.717) is 19.3 Å². The van der Waals surface area contributed by atoms with Gasteiger partial charge in [-0.2, -0.15) is 0 Å². The molecule has 0 saturated carbocycles. The van der Waals surface area contributed by atoms with Crippen LogP contribution in [0.1, 0.15) is 297 Å². The molecule has 6 heteroatoms. The summed E-state index contributed by atoms with van der Waals surface area (Å²) in [5, 5.41) is 0. The van der Waals surface area contributed by atoms with Crippen LogP contribution < -0.4 is 0 Å². The fourth-order valence-corrected chi connectivity index (χ4v) is 8.21. The molecule has 0 rings (SSSR count). The summed E-state index contributed by atoms with van der Waals surface area (Å²) in [5.74, 6) is -0.886. The molecule has 6 nitrogen and oxygen atoms in total. The van der Waals surface area contributed by atoms with Gasteiger partial charge in [-0.15, -0.1) is 0 Å². The number of allylic oxidation sites excluding steroid dienone is 8. The molecule has 0 amide bonds. The van der Waals surface area contributed by atoms with Gasteiger partial charge in [0.1, 0.15) is 13.2 Å². The Morgan fingerprint density at radius 2 is 0.545 bits per heavy atom. The molecule has 0 heterocycles. The first-order chi connectivity index (χ1) is 32.5. The molecule has 0 fully saturated rings. The van der Waals surface area contributed by atoms with Crippen LogP contribution in [0.15, 0.2) is 48.6 Å². The molecule has 0 aliphatic heterocycles. The summed E-state index contributed by atoms with van der Waals surface area (Å²) in [5.41, 5.74) is 0. The largest absolute Gasteiger partial charge is 0.462 e. The van der Waals surface area contributed by atoms with Crippen LogP contribution in [-0.4, -0.2) is 37.2 Å². The lowest BCUT2D eigenvalue weighted by molar-refractivity contribution is -0.167. The summed E-state index contributed by atoms with van der Waals surface area (Å²) in [6.45, 7) is 6.62. The zero-order valence-corrected chi connectivity index (χ0v) is 44.0. The highest BCUT2D eigenvalue weighted by molar-refractivity contribution is 5.71. The SMILES string of the molecule is CCCCC/C=C\C/C=C\C/C=C\CCCCCCCCC(=O)OCC(COC(=O)CCCCCCCCCCCCCCCC)OC(=O)CCCCCCC/C=C\CCCCCCCC. The van der Waals surface area contributed by atoms with Gasteiger partial charge in [0.25, 0.3) is 0 Å². The summed E-state index contributed by atoms with van der Waals surface area (Å²) in [7, 11) is 0. The molecule has 0 aromatic heterocycles. The second kappa shape index (κ2) is 55.0. The summed E-state index contributed by atoms with van der Waals surface area (Å²) in [6.07, 6.45) is 66.6. The normalized spacial score (nSPS) is 12.3. The third-order valence-electron chi connectivity index (χ3n) is 12.6. The standard InChI is InChI=1S/C60H108O6/c1-4-7-10-13-16-19-22-25-28-29-30-31-33-35-38-41-44-47-50-53-59(62)65-56-57(55-64-58(61)52-49-46-43-40-37-34-27-24-21-18-15-12-9-6-3)66-60(63)54-51-48-45-42-39-36-32-26-23-20-17-14-11-8-5-2/h16,19,25-26,28,30-32,57H,4-15,17-18,20-24,27,29,33-56H2,1-3H3/b19-16-,28-25-,31-30-,32-26-. The quantitative estimate of drug-likeness (QED) is 0.0262. The molecule has 1 unspecified atom stereocenters. The fraction of sp³-hybridized carbons (Fsp3) is 0.817. The minimum atomic E-state index is -0.780. The monoisotopic (exact) mass is 925 g/mol. The van der Waals surface area contributed by atoms with Crippen LogP contribution in [0.5, 0.6) is 0 Å². The van der Waals surface area contributed by atoms with Crippen molar-refractivity contribution in [3.05, 3.63) is 48.6 Å². The molecular formula is C60H108O6. The number of carbonyl (C=O) groups excluding carboxylic acids is 3. The van der Waals surface area contributed by atoms with Crippen LogP contribution in [-0.2, 0) is 28.6 Å². The molecule has 0 aromatic carbocycles. The summed E-state index contributed by atoms with van der Waals surface area (Å²) < 4.78 is 16.9. The Morgan fingerprint density at radius 3 is 0.894 bits per heavy atom. The van der Waals surface area contributed by atoms with Gasteiger partial charge >= 0.3 is 17.9 Å². The van der Waals surface area contributed by atoms with Gasteiger partial charge in [0.05, 0.1) is 0 Å². The Bertz CT molecular complexity index is 1150. The van der Waals surface area contributed by atoms with Crippen molar-refractivity contribution >= 4 is 17.9 Å². The van der Waals surface area contributed by atoms with Crippen LogP contribution in [0.25, 0.3) is 0 Å². The van der Waals surface area contributed by atoms with Crippen molar-refractivity contribution in [3.63, 3.8) is 0 Å². The van der Waals surface area contributed by atoms with Gasteiger partial charge in [-0.25, -0.2) is 0 Å². The van der Waals surface area contributed by atoms with Gasteiger partial charge in [-0.05, 0) is 83.5 Å². The highest BCUT2D eigenvalue weighted by Gasteiger charge is 2.19. The first-order valence-electron chi connectivity index (χ1n) is 28.6. The number of ether oxygens (including phenoxy) is 3. The van der Waals surface area contributed by atoms with Crippen LogP contribution >= 0.6 is 0 Å². The Balaban J connectivity index is 4.38.